The summed E-state index contributed by atoms with van der Waals surface area (Å²) in [6.07, 6.45) is -0.138. The molecule has 0 heterocycles. The van der Waals surface area contributed by atoms with Gasteiger partial charge in [0, 0.05) is 6.04 Å². The Bertz CT molecular complexity index is 623. The molecule has 0 saturated carbocycles. The number of hydrogen-bond donors (Lipinski definition) is 2. The number of rotatable bonds is 6. The Morgan fingerprint density at radius 1 is 0.957 bits per heavy atom. The lowest BCUT2D eigenvalue weighted by Gasteiger charge is -2.26. The minimum Gasteiger partial charge on any atom is -0.388 e. The summed E-state index contributed by atoms with van der Waals surface area (Å²) < 4.78 is 15.3. The first kappa shape index (κ1) is 17.9. The highest BCUT2D eigenvalue weighted by Gasteiger charge is 2.25. The zero-order chi connectivity index (χ0) is 16.9. The van der Waals surface area contributed by atoms with Crippen molar-refractivity contribution in [2.24, 2.45) is 0 Å². The molecule has 124 valence electrons. The normalized spacial score (nSPS) is 15.8. The van der Waals surface area contributed by atoms with Crippen LogP contribution in [0.3, 0.4) is 0 Å². The van der Waals surface area contributed by atoms with Gasteiger partial charge in [-0.1, -0.05) is 60.7 Å². The Hall–Kier alpha value is -1.49. The van der Waals surface area contributed by atoms with E-state index in [4.69, 9.17) is 0 Å². The van der Waals surface area contributed by atoms with Gasteiger partial charge in [0.15, 0.2) is 0 Å². The van der Waals surface area contributed by atoms with Gasteiger partial charge in [-0.2, -0.15) is 0 Å². The molecule has 4 heteroatoms. The Morgan fingerprint density at radius 2 is 1.43 bits per heavy atom. The summed E-state index contributed by atoms with van der Waals surface area (Å²) in [6.45, 7) is 5.81. The molecule has 2 aromatic rings. The predicted molar refractivity (Wildman–Crippen MR) is 96.2 cm³/mol. The van der Waals surface area contributed by atoms with E-state index < -0.39 is 17.1 Å². The van der Waals surface area contributed by atoms with Gasteiger partial charge in [-0.05, 0) is 38.3 Å². The van der Waals surface area contributed by atoms with Crippen LogP contribution in [0.25, 0.3) is 0 Å². The van der Waals surface area contributed by atoms with Crippen LogP contribution in [0.5, 0.6) is 0 Å². The van der Waals surface area contributed by atoms with Crippen molar-refractivity contribution in [3.63, 3.8) is 0 Å². The lowest BCUT2D eigenvalue weighted by atomic mass is 9.97. The second kappa shape index (κ2) is 7.86. The van der Waals surface area contributed by atoms with Gasteiger partial charge in [0.1, 0.15) is 0 Å². The highest BCUT2D eigenvalue weighted by Crippen LogP contribution is 2.27. The van der Waals surface area contributed by atoms with Crippen molar-refractivity contribution in [3.05, 3.63) is 71.8 Å². The summed E-state index contributed by atoms with van der Waals surface area (Å²) in [6, 6.07) is 19.3. The van der Waals surface area contributed by atoms with Gasteiger partial charge in [0.05, 0.1) is 21.8 Å². The van der Waals surface area contributed by atoms with E-state index in [0.29, 0.717) is 6.42 Å². The third-order valence-corrected chi connectivity index (χ3v) is 5.26. The van der Waals surface area contributed by atoms with Gasteiger partial charge in [-0.15, -0.1) is 0 Å². The van der Waals surface area contributed by atoms with E-state index in [1.807, 2.05) is 81.4 Å². The summed E-state index contributed by atoms with van der Waals surface area (Å²) in [5, 5.41) is 10.5. The van der Waals surface area contributed by atoms with Crippen LogP contribution in [0.2, 0.25) is 0 Å². The first-order valence-corrected chi connectivity index (χ1v) is 8.99. The molecule has 0 aliphatic carbocycles. The van der Waals surface area contributed by atoms with Crippen LogP contribution >= 0.6 is 0 Å². The van der Waals surface area contributed by atoms with Gasteiger partial charge in [0.25, 0.3) is 0 Å². The van der Waals surface area contributed by atoms with Crippen LogP contribution in [0, 0.1) is 0 Å². The minimum atomic E-state index is -1.20. The van der Waals surface area contributed by atoms with Crippen molar-refractivity contribution in [2.45, 2.75) is 44.1 Å². The Labute approximate surface area is 141 Å². The molecule has 0 aliphatic rings. The monoisotopic (exact) mass is 331 g/mol. The van der Waals surface area contributed by atoms with E-state index in [0.717, 1.165) is 11.1 Å². The summed E-state index contributed by atoms with van der Waals surface area (Å²) in [5.74, 6) is 0. The number of benzene rings is 2. The Balaban J connectivity index is 2.19. The quantitative estimate of drug-likeness (QED) is 0.843. The van der Waals surface area contributed by atoms with Crippen LogP contribution in [0.15, 0.2) is 60.7 Å². The SMILES string of the molecule is CC(C)(C)[S@@](=O)N[C@@H](C[C@H](O)c1ccccc1)c1ccccc1. The largest absolute Gasteiger partial charge is 0.388 e. The highest BCUT2D eigenvalue weighted by molar-refractivity contribution is 7.84. The van der Waals surface area contributed by atoms with Gasteiger partial charge in [-0.3, -0.25) is 0 Å². The molecule has 2 N–H and O–H groups in total. The zero-order valence-electron chi connectivity index (χ0n) is 13.9. The van der Waals surface area contributed by atoms with Crippen LogP contribution in [-0.2, 0) is 11.0 Å². The molecule has 0 aromatic heterocycles. The summed E-state index contributed by atoms with van der Waals surface area (Å²) >= 11 is 0. The van der Waals surface area contributed by atoms with Crippen LogP contribution in [0.4, 0.5) is 0 Å². The van der Waals surface area contributed by atoms with Crippen molar-refractivity contribution in [1.82, 2.24) is 4.72 Å². The second-order valence-electron chi connectivity index (χ2n) is 6.62. The Morgan fingerprint density at radius 3 is 1.91 bits per heavy atom. The molecule has 0 fully saturated rings. The molecule has 0 bridgehead atoms. The average molecular weight is 331 g/mol. The van der Waals surface area contributed by atoms with E-state index in [9.17, 15) is 9.32 Å². The smallest absolute Gasteiger partial charge is 0.0975 e. The summed E-state index contributed by atoms with van der Waals surface area (Å²) in [7, 11) is -1.20. The van der Waals surface area contributed by atoms with E-state index in [-0.39, 0.29) is 10.8 Å². The highest BCUT2D eigenvalue weighted by atomic mass is 32.2. The predicted octanol–water partition coefficient (Wildman–Crippen LogP) is 3.90. The molecule has 3 atom stereocenters. The fourth-order valence-electron chi connectivity index (χ4n) is 2.28. The van der Waals surface area contributed by atoms with Crippen LogP contribution in [-0.4, -0.2) is 14.1 Å². The van der Waals surface area contributed by atoms with Gasteiger partial charge in [0.2, 0.25) is 0 Å². The van der Waals surface area contributed by atoms with Crippen molar-refractivity contribution >= 4 is 11.0 Å². The number of aliphatic hydroxyl groups excluding tert-OH is 1. The molecular weight excluding hydrogens is 306 g/mol. The van der Waals surface area contributed by atoms with Gasteiger partial charge in [-0.25, -0.2) is 8.93 Å². The molecule has 0 unspecified atom stereocenters. The number of hydrogen-bond acceptors (Lipinski definition) is 2. The van der Waals surface area contributed by atoms with E-state index in [2.05, 4.69) is 4.72 Å². The number of nitrogens with one attached hydrogen (secondary N) is 1. The summed E-state index contributed by atoms with van der Waals surface area (Å²) in [5.41, 5.74) is 1.90. The maximum Gasteiger partial charge on any atom is 0.0975 e. The average Bonchev–Trinajstić information content (AvgIpc) is 2.55. The van der Waals surface area contributed by atoms with Gasteiger partial charge >= 0.3 is 0 Å². The molecule has 0 aliphatic heterocycles. The van der Waals surface area contributed by atoms with Crippen molar-refractivity contribution in [2.75, 3.05) is 0 Å². The molecule has 2 aromatic carbocycles. The standard InChI is InChI=1S/C19H25NO2S/c1-19(2,3)23(22)20-17(15-10-6-4-7-11-15)14-18(21)16-12-8-5-9-13-16/h4-13,17-18,20-21H,14H2,1-3H3/t17-,18-,23+/m0/s1. The zero-order valence-corrected chi connectivity index (χ0v) is 14.7. The molecule has 0 spiro atoms. The summed E-state index contributed by atoms with van der Waals surface area (Å²) in [4.78, 5) is 0. The van der Waals surface area contributed by atoms with Crippen molar-refractivity contribution < 1.29 is 9.32 Å². The maximum absolute atomic E-state index is 12.5. The van der Waals surface area contributed by atoms with Crippen LogP contribution < -0.4 is 4.72 Å². The lowest BCUT2D eigenvalue weighted by molar-refractivity contribution is 0.155. The molecule has 23 heavy (non-hydrogen) atoms. The molecule has 0 amide bonds. The first-order valence-electron chi connectivity index (χ1n) is 7.84. The number of aliphatic hydroxyl groups is 1. The second-order valence-corrected chi connectivity index (χ2v) is 8.62. The third kappa shape index (κ3) is 5.27. The minimum absolute atomic E-state index is 0.175. The van der Waals surface area contributed by atoms with Crippen molar-refractivity contribution in [3.8, 4) is 0 Å². The first-order chi connectivity index (χ1) is 10.9. The molecule has 0 saturated heterocycles. The fraction of sp³-hybridized carbons (Fsp3) is 0.368. The van der Waals surface area contributed by atoms with E-state index in [1.54, 1.807) is 0 Å². The lowest BCUT2D eigenvalue weighted by Crippen LogP contribution is -2.36. The van der Waals surface area contributed by atoms with Crippen molar-refractivity contribution in [1.29, 1.82) is 0 Å². The molecule has 3 nitrogen and oxygen atoms in total. The van der Waals surface area contributed by atoms with E-state index in [1.165, 1.54) is 0 Å². The molecule has 2 rings (SSSR count). The fourth-order valence-corrected chi connectivity index (χ4v) is 3.12. The third-order valence-electron chi connectivity index (χ3n) is 3.65. The topological polar surface area (TPSA) is 49.3 Å². The molecule has 0 radical (unpaired) electrons. The van der Waals surface area contributed by atoms with Gasteiger partial charge < -0.3 is 5.11 Å². The molecular formula is C19H25NO2S. The maximum atomic E-state index is 12.5. The Kier molecular flexibility index (Phi) is 6.10. The van der Waals surface area contributed by atoms with Crippen LogP contribution in [0.1, 0.15) is 50.5 Å². The van der Waals surface area contributed by atoms with E-state index >= 15 is 0 Å².